The Bertz CT molecular complexity index is 1070. The number of aryl methyl sites for hydroxylation is 2. The standard InChI is InChI=1S/C19H17FN4O4S/c1-10-12(16(24-28-10)13-4-2-11(20)8-22-13)3-5-15-23-9-14(29-15)17(25)27-19(6-7-19)18(21)26/h2,4,8-9H,3,5-7H2,1H3,(H2,21,26). The van der Waals surface area contributed by atoms with Gasteiger partial charge in [-0.1, -0.05) is 5.16 Å². The molecule has 3 heterocycles. The Kier molecular flexibility index (Phi) is 4.87. The highest BCUT2D eigenvalue weighted by Crippen LogP contribution is 2.40. The number of aromatic nitrogens is 3. The first kappa shape index (κ1) is 19.2. The first-order valence-corrected chi connectivity index (χ1v) is 9.75. The third kappa shape index (κ3) is 3.88. The van der Waals surface area contributed by atoms with E-state index in [0.717, 1.165) is 16.8 Å². The fraction of sp³-hybridized carbons (Fsp3) is 0.316. The van der Waals surface area contributed by atoms with E-state index in [4.69, 9.17) is 15.0 Å². The Morgan fingerprint density at radius 3 is 2.72 bits per heavy atom. The second-order valence-electron chi connectivity index (χ2n) is 6.79. The molecule has 1 fully saturated rings. The number of carbonyl (C=O) groups is 2. The van der Waals surface area contributed by atoms with Crippen LogP contribution >= 0.6 is 11.3 Å². The van der Waals surface area contributed by atoms with Crippen molar-refractivity contribution in [1.82, 2.24) is 15.1 Å². The SMILES string of the molecule is Cc1onc(-c2ccc(F)cn2)c1CCc1ncc(C(=O)OC2(C(N)=O)CC2)s1. The lowest BCUT2D eigenvalue weighted by molar-refractivity contribution is -0.128. The van der Waals surface area contributed by atoms with E-state index in [1.807, 2.05) is 0 Å². The third-order valence-corrected chi connectivity index (χ3v) is 5.78. The predicted molar refractivity (Wildman–Crippen MR) is 101 cm³/mol. The van der Waals surface area contributed by atoms with Crippen molar-refractivity contribution < 1.29 is 23.2 Å². The van der Waals surface area contributed by atoms with Crippen molar-refractivity contribution in [2.24, 2.45) is 5.73 Å². The van der Waals surface area contributed by atoms with Gasteiger partial charge in [-0.05, 0) is 25.5 Å². The van der Waals surface area contributed by atoms with E-state index in [9.17, 15) is 14.0 Å². The molecule has 1 amide bonds. The summed E-state index contributed by atoms with van der Waals surface area (Å²) in [5.41, 5.74) is 6.04. The molecule has 3 aromatic rings. The van der Waals surface area contributed by atoms with E-state index >= 15 is 0 Å². The van der Waals surface area contributed by atoms with Gasteiger partial charge in [-0.2, -0.15) is 0 Å². The monoisotopic (exact) mass is 416 g/mol. The van der Waals surface area contributed by atoms with Gasteiger partial charge in [-0.25, -0.2) is 14.2 Å². The maximum absolute atomic E-state index is 13.1. The summed E-state index contributed by atoms with van der Waals surface area (Å²) in [5.74, 6) is -1.01. The van der Waals surface area contributed by atoms with E-state index in [0.29, 0.717) is 47.7 Å². The molecule has 1 aliphatic rings. The van der Waals surface area contributed by atoms with Crippen LogP contribution in [0.4, 0.5) is 4.39 Å². The smallest absolute Gasteiger partial charge is 0.351 e. The Balaban J connectivity index is 1.44. The number of thiazole rings is 1. The summed E-state index contributed by atoms with van der Waals surface area (Å²) < 4.78 is 23.7. The minimum Gasteiger partial charge on any atom is -0.445 e. The van der Waals surface area contributed by atoms with Crippen molar-refractivity contribution in [2.45, 2.75) is 38.2 Å². The van der Waals surface area contributed by atoms with E-state index in [1.54, 1.807) is 13.0 Å². The minimum absolute atomic E-state index is 0.315. The van der Waals surface area contributed by atoms with Gasteiger partial charge in [-0.15, -0.1) is 11.3 Å². The Labute approximate surface area is 168 Å². The molecule has 0 radical (unpaired) electrons. The maximum atomic E-state index is 13.1. The highest BCUT2D eigenvalue weighted by molar-refractivity contribution is 7.13. The lowest BCUT2D eigenvalue weighted by Gasteiger charge is -2.11. The number of rotatable bonds is 7. The summed E-state index contributed by atoms with van der Waals surface area (Å²) in [7, 11) is 0. The zero-order valence-corrected chi connectivity index (χ0v) is 16.3. The summed E-state index contributed by atoms with van der Waals surface area (Å²) >= 11 is 1.20. The molecular weight excluding hydrogens is 399 g/mol. The average Bonchev–Trinajstić information content (AvgIpc) is 3.16. The molecule has 0 atom stereocenters. The van der Waals surface area contributed by atoms with Gasteiger partial charge < -0.3 is 15.0 Å². The van der Waals surface area contributed by atoms with Crippen LogP contribution in [0.3, 0.4) is 0 Å². The van der Waals surface area contributed by atoms with Crippen LogP contribution in [0.1, 0.15) is 38.8 Å². The molecule has 0 aliphatic heterocycles. The van der Waals surface area contributed by atoms with E-state index in [-0.39, 0.29) is 0 Å². The zero-order chi connectivity index (χ0) is 20.6. The van der Waals surface area contributed by atoms with Gasteiger partial charge in [0, 0.05) is 24.8 Å². The topological polar surface area (TPSA) is 121 Å². The van der Waals surface area contributed by atoms with Crippen LogP contribution in [-0.4, -0.2) is 32.6 Å². The molecule has 0 bridgehead atoms. The fourth-order valence-electron chi connectivity index (χ4n) is 2.89. The number of halogens is 1. The van der Waals surface area contributed by atoms with Gasteiger partial charge >= 0.3 is 5.97 Å². The van der Waals surface area contributed by atoms with Gasteiger partial charge in [0.25, 0.3) is 5.91 Å². The van der Waals surface area contributed by atoms with Crippen LogP contribution in [-0.2, 0) is 22.4 Å². The number of nitrogens with zero attached hydrogens (tertiary/aromatic N) is 3. The molecule has 3 aromatic heterocycles. The van der Waals surface area contributed by atoms with E-state index in [2.05, 4.69) is 15.1 Å². The van der Waals surface area contributed by atoms with Gasteiger partial charge in [0.2, 0.25) is 0 Å². The number of hydrogen-bond donors (Lipinski definition) is 1. The van der Waals surface area contributed by atoms with Crippen molar-refractivity contribution in [3.63, 3.8) is 0 Å². The summed E-state index contributed by atoms with van der Waals surface area (Å²) in [6, 6.07) is 2.85. The van der Waals surface area contributed by atoms with E-state index in [1.165, 1.54) is 23.6 Å². The lowest BCUT2D eigenvalue weighted by Crippen LogP contribution is -2.35. The summed E-state index contributed by atoms with van der Waals surface area (Å²) in [5, 5.41) is 4.75. The fourth-order valence-corrected chi connectivity index (χ4v) is 3.69. The number of nitrogens with two attached hydrogens (primary N) is 1. The molecular formula is C19H17FN4O4S. The Morgan fingerprint density at radius 1 is 1.28 bits per heavy atom. The zero-order valence-electron chi connectivity index (χ0n) is 15.5. The van der Waals surface area contributed by atoms with Crippen molar-refractivity contribution in [3.05, 3.63) is 51.6 Å². The molecule has 150 valence electrons. The Hall–Kier alpha value is -3.14. The molecule has 10 heteroatoms. The van der Waals surface area contributed by atoms with Gasteiger partial charge in [0.15, 0.2) is 5.60 Å². The highest BCUT2D eigenvalue weighted by Gasteiger charge is 2.53. The van der Waals surface area contributed by atoms with Crippen LogP contribution < -0.4 is 5.73 Å². The van der Waals surface area contributed by atoms with E-state index < -0.39 is 23.3 Å². The molecule has 1 saturated carbocycles. The quantitative estimate of drug-likeness (QED) is 0.588. The molecule has 2 N–H and O–H groups in total. The molecule has 0 aromatic carbocycles. The van der Waals surface area contributed by atoms with Crippen LogP contribution in [0.25, 0.3) is 11.4 Å². The third-order valence-electron chi connectivity index (χ3n) is 4.74. The summed E-state index contributed by atoms with van der Waals surface area (Å²) in [6.45, 7) is 1.79. The normalized spacial score (nSPS) is 14.6. The van der Waals surface area contributed by atoms with Crippen molar-refractivity contribution in [3.8, 4) is 11.4 Å². The highest BCUT2D eigenvalue weighted by atomic mass is 32.1. The molecule has 0 unspecified atom stereocenters. The average molecular weight is 416 g/mol. The molecule has 1 aliphatic carbocycles. The number of esters is 1. The largest absolute Gasteiger partial charge is 0.445 e. The number of primary amides is 1. The lowest BCUT2D eigenvalue weighted by atomic mass is 10.1. The molecule has 4 rings (SSSR count). The van der Waals surface area contributed by atoms with Gasteiger partial charge in [0.1, 0.15) is 22.1 Å². The number of hydrogen-bond acceptors (Lipinski definition) is 8. The number of carbonyl (C=O) groups excluding carboxylic acids is 2. The number of ether oxygens (including phenoxy) is 1. The molecule has 0 spiro atoms. The first-order valence-electron chi connectivity index (χ1n) is 8.93. The van der Waals surface area contributed by atoms with Crippen molar-refractivity contribution in [1.29, 1.82) is 0 Å². The Morgan fingerprint density at radius 2 is 2.07 bits per heavy atom. The summed E-state index contributed by atoms with van der Waals surface area (Å²) in [4.78, 5) is 32.3. The van der Waals surface area contributed by atoms with Crippen LogP contribution in [0, 0.1) is 12.7 Å². The second kappa shape index (κ2) is 7.36. The summed E-state index contributed by atoms with van der Waals surface area (Å²) in [6.07, 6.45) is 4.55. The number of pyridine rings is 1. The maximum Gasteiger partial charge on any atom is 0.351 e. The molecule has 8 nitrogen and oxygen atoms in total. The van der Waals surface area contributed by atoms with Gasteiger partial charge in [-0.3, -0.25) is 9.78 Å². The van der Waals surface area contributed by atoms with Crippen molar-refractivity contribution >= 4 is 23.2 Å². The first-order chi connectivity index (χ1) is 13.9. The predicted octanol–water partition coefficient (Wildman–Crippen LogP) is 2.60. The van der Waals surface area contributed by atoms with Crippen molar-refractivity contribution in [2.75, 3.05) is 0 Å². The molecule has 29 heavy (non-hydrogen) atoms. The second-order valence-corrected chi connectivity index (χ2v) is 7.91. The van der Waals surface area contributed by atoms with Crippen LogP contribution in [0.15, 0.2) is 29.0 Å². The van der Waals surface area contributed by atoms with Gasteiger partial charge in [0.05, 0.1) is 23.1 Å². The minimum atomic E-state index is -1.15. The number of amides is 1. The van der Waals surface area contributed by atoms with Crippen LogP contribution in [0.2, 0.25) is 0 Å². The molecule has 0 saturated heterocycles. The van der Waals surface area contributed by atoms with Crippen LogP contribution in [0.5, 0.6) is 0 Å².